The number of methoxy groups -OCH3 is 1. The van der Waals surface area contributed by atoms with Gasteiger partial charge in [0.25, 0.3) is 5.09 Å². The van der Waals surface area contributed by atoms with Gasteiger partial charge in [-0.1, -0.05) is 29.8 Å². The summed E-state index contributed by atoms with van der Waals surface area (Å²) in [5, 5.41) is 41.3. The van der Waals surface area contributed by atoms with Crippen molar-refractivity contribution in [2.75, 3.05) is 26.9 Å². The molecule has 0 radical (unpaired) electrons. The number of rotatable bonds is 21. The van der Waals surface area contributed by atoms with Crippen LogP contribution in [0.25, 0.3) is 0 Å². The summed E-state index contributed by atoms with van der Waals surface area (Å²) >= 11 is 5.96. The van der Waals surface area contributed by atoms with Crippen LogP contribution in [0.15, 0.2) is 54.6 Å². The average Bonchev–Trinajstić information content (AvgIpc) is 3.33. The van der Waals surface area contributed by atoms with Crippen LogP contribution in [0, 0.1) is 22.0 Å². The van der Waals surface area contributed by atoms with Crippen LogP contribution < -0.4 is 14.2 Å². The van der Waals surface area contributed by atoms with Gasteiger partial charge in [-0.2, -0.15) is 0 Å². The lowest BCUT2D eigenvalue weighted by molar-refractivity contribution is -0.757. The molecule has 2 aromatic carbocycles. The van der Waals surface area contributed by atoms with Gasteiger partial charge >= 0.3 is 11.9 Å². The van der Waals surface area contributed by atoms with Crippen molar-refractivity contribution >= 4 is 23.5 Å². The van der Waals surface area contributed by atoms with E-state index in [0.29, 0.717) is 62.1 Å². The van der Waals surface area contributed by atoms with Gasteiger partial charge in [0.1, 0.15) is 12.4 Å². The number of aliphatic hydroxyl groups excluding tert-OH is 3. The van der Waals surface area contributed by atoms with E-state index in [9.17, 15) is 35.0 Å². The van der Waals surface area contributed by atoms with E-state index in [4.69, 9.17) is 30.5 Å². The first-order valence-corrected chi connectivity index (χ1v) is 16.4. The second-order valence-corrected chi connectivity index (χ2v) is 12.0. The van der Waals surface area contributed by atoms with Crippen molar-refractivity contribution in [2.24, 2.45) is 11.8 Å². The summed E-state index contributed by atoms with van der Waals surface area (Å²) in [5.74, 6) is -0.481. The Balaban J connectivity index is 1.36. The maximum absolute atomic E-state index is 12.5. The normalized spacial score (nSPS) is 19.5. The van der Waals surface area contributed by atoms with Gasteiger partial charge in [0, 0.05) is 11.4 Å². The number of ether oxygens (including phenoxy) is 4. The Morgan fingerprint density at radius 2 is 1.81 bits per heavy atom. The molecule has 14 heteroatoms. The summed E-state index contributed by atoms with van der Waals surface area (Å²) in [4.78, 5) is 39.1. The minimum atomic E-state index is -0.879. The third-order valence-corrected chi connectivity index (χ3v) is 8.25. The molecule has 0 aromatic heterocycles. The third-order valence-electron chi connectivity index (χ3n) is 8.01. The molecule has 0 amide bonds. The van der Waals surface area contributed by atoms with Crippen LogP contribution in [-0.2, 0) is 14.4 Å². The largest absolute Gasteiger partial charge is 0.493 e. The Hall–Kier alpha value is -3.91. The van der Waals surface area contributed by atoms with Gasteiger partial charge < -0.3 is 39.1 Å². The summed E-state index contributed by atoms with van der Waals surface area (Å²) in [6.07, 6.45) is 5.67. The zero-order valence-electron chi connectivity index (χ0n) is 26.9. The Bertz CT molecular complexity index is 1360. The van der Waals surface area contributed by atoms with Crippen LogP contribution in [0.3, 0.4) is 0 Å². The van der Waals surface area contributed by atoms with Crippen molar-refractivity contribution in [1.82, 2.24) is 0 Å². The molecule has 13 nitrogen and oxygen atoms in total. The second-order valence-electron chi connectivity index (χ2n) is 11.5. The van der Waals surface area contributed by atoms with Crippen molar-refractivity contribution < 1.29 is 53.8 Å². The Morgan fingerprint density at radius 1 is 1.04 bits per heavy atom. The first-order chi connectivity index (χ1) is 23.1. The molecular formula is C34H44ClNO12. The third kappa shape index (κ3) is 13.3. The summed E-state index contributed by atoms with van der Waals surface area (Å²) in [7, 11) is 1.38. The van der Waals surface area contributed by atoms with Crippen molar-refractivity contribution in [3.8, 4) is 17.2 Å². The highest BCUT2D eigenvalue weighted by Gasteiger charge is 2.40. The molecule has 5 atom stereocenters. The van der Waals surface area contributed by atoms with Gasteiger partial charge in [-0.3, -0.25) is 4.79 Å². The van der Waals surface area contributed by atoms with Crippen LogP contribution in [0.4, 0.5) is 0 Å². The quantitative estimate of drug-likeness (QED) is 0.0393. The summed E-state index contributed by atoms with van der Waals surface area (Å²) in [5.41, 5.74) is 0.194. The molecule has 3 rings (SSSR count). The minimum absolute atomic E-state index is 0.0589. The number of hydrogen-bond acceptors (Lipinski definition) is 12. The van der Waals surface area contributed by atoms with Gasteiger partial charge in [0.05, 0.1) is 44.2 Å². The van der Waals surface area contributed by atoms with Gasteiger partial charge in [0.15, 0.2) is 11.5 Å². The van der Waals surface area contributed by atoms with E-state index < -0.39 is 35.3 Å². The standard InChI is InChI=1S/C34H44ClNO12/c1-44-32-19-23(34(41)45-17-6-7-18-47-36(42)43)13-16-31(32)48-33(40)12-5-3-2-4-11-27-28(30(39)21-29(27)38)15-14-25(37)22-46-26-10-8-9-24(35)20-26/h2,4,8-10,13,16,19-20,25,27-30,37-39H,3,5-7,11-12,14-15,17-18,21-22H2,1H3/b4-2-/t25-,27-,28-,29+,30-/m1/s1. The number of esters is 2. The monoisotopic (exact) mass is 693 g/mol. The van der Waals surface area contributed by atoms with E-state index in [2.05, 4.69) is 4.84 Å². The van der Waals surface area contributed by atoms with Gasteiger partial charge in [-0.05, 0) is 99.6 Å². The average molecular weight is 694 g/mol. The molecule has 0 spiro atoms. The molecule has 1 aliphatic rings. The molecule has 1 aliphatic carbocycles. The number of carbonyl (C=O) groups excluding carboxylic acids is 2. The van der Waals surface area contributed by atoms with Crippen LogP contribution in [0.5, 0.6) is 17.2 Å². The van der Waals surface area contributed by atoms with Crippen molar-refractivity contribution in [2.45, 2.75) is 76.1 Å². The lowest BCUT2D eigenvalue weighted by Gasteiger charge is -2.23. The lowest BCUT2D eigenvalue weighted by atomic mass is 9.86. The van der Waals surface area contributed by atoms with Gasteiger partial charge in [-0.15, -0.1) is 10.1 Å². The molecular weight excluding hydrogens is 650 g/mol. The zero-order chi connectivity index (χ0) is 34.9. The Labute approximate surface area is 284 Å². The van der Waals surface area contributed by atoms with E-state index in [0.717, 1.165) is 0 Å². The number of hydrogen-bond donors (Lipinski definition) is 3. The summed E-state index contributed by atoms with van der Waals surface area (Å²) in [6.45, 7) is 0.0748. The van der Waals surface area contributed by atoms with Gasteiger partial charge in [-0.25, -0.2) is 4.79 Å². The minimum Gasteiger partial charge on any atom is -0.493 e. The van der Waals surface area contributed by atoms with Gasteiger partial charge in [0.2, 0.25) is 0 Å². The highest BCUT2D eigenvalue weighted by Crippen LogP contribution is 2.38. The SMILES string of the molecule is COc1cc(C(=O)OCCCCO[N+](=O)[O-])ccc1OC(=O)CCC/C=C\C[C@@H]1[C@@H](CC[C@@H](O)COc2cccc(Cl)c2)[C@H](O)C[C@@H]1O. The molecule has 1 saturated carbocycles. The fourth-order valence-corrected chi connectivity index (χ4v) is 5.68. The number of halogens is 1. The number of allylic oxidation sites excluding steroid dienone is 2. The van der Waals surface area contributed by atoms with Crippen molar-refractivity contribution in [3.63, 3.8) is 0 Å². The maximum atomic E-state index is 12.5. The predicted molar refractivity (Wildman–Crippen MR) is 174 cm³/mol. The van der Waals surface area contributed by atoms with Crippen LogP contribution >= 0.6 is 11.6 Å². The highest BCUT2D eigenvalue weighted by atomic mass is 35.5. The molecule has 2 aromatic rings. The zero-order valence-corrected chi connectivity index (χ0v) is 27.7. The predicted octanol–water partition coefficient (Wildman–Crippen LogP) is 5.09. The van der Waals surface area contributed by atoms with E-state index in [1.165, 1.54) is 25.3 Å². The van der Waals surface area contributed by atoms with Crippen molar-refractivity contribution in [3.05, 3.63) is 75.3 Å². The highest BCUT2D eigenvalue weighted by molar-refractivity contribution is 6.30. The molecule has 0 saturated heterocycles. The molecule has 0 heterocycles. The number of benzene rings is 2. The number of unbranched alkanes of at least 4 members (excludes halogenated alkanes) is 2. The lowest BCUT2D eigenvalue weighted by Crippen LogP contribution is -2.25. The van der Waals surface area contributed by atoms with Crippen LogP contribution in [0.2, 0.25) is 5.02 Å². The fourth-order valence-electron chi connectivity index (χ4n) is 5.50. The molecule has 264 valence electrons. The number of aliphatic hydroxyl groups is 3. The molecule has 48 heavy (non-hydrogen) atoms. The van der Waals surface area contributed by atoms with Crippen molar-refractivity contribution in [1.29, 1.82) is 0 Å². The van der Waals surface area contributed by atoms with E-state index in [1.54, 1.807) is 24.3 Å². The van der Waals surface area contributed by atoms with E-state index in [1.807, 2.05) is 12.2 Å². The summed E-state index contributed by atoms with van der Waals surface area (Å²) in [6, 6.07) is 11.2. The molecule has 0 bridgehead atoms. The molecule has 0 unspecified atom stereocenters. The van der Waals surface area contributed by atoms with Crippen LogP contribution in [0.1, 0.15) is 68.1 Å². The molecule has 0 aliphatic heterocycles. The van der Waals surface area contributed by atoms with E-state index in [-0.39, 0.29) is 55.1 Å². The molecule has 1 fully saturated rings. The smallest absolute Gasteiger partial charge is 0.338 e. The fraction of sp³-hybridized carbons (Fsp3) is 0.529. The maximum Gasteiger partial charge on any atom is 0.338 e. The number of carbonyl (C=O) groups is 2. The first-order valence-electron chi connectivity index (χ1n) is 16.0. The summed E-state index contributed by atoms with van der Waals surface area (Å²) < 4.78 is 21.5. The number of nitrogens with zero attached hydrogens (tertiary/aromatic N) is 1. The van der Waals surface area contributed by atoms with Crippen LogP contribution in [-0.4, -0.2) is 77.6 Å². The van der Waals surface area contributed by atoms with E-state index >= 15 is 0 Å². The second kappa shape index (κ2) is 20.5. The topological polar surface area (TPSA) is 184 Å². The first kappa shape index (κ1) is 38.5. The Morgan fingerprint density at radius 3 is 2.56 bits per heavy atom. The molecule has 3 N–H and O–H groups in total. The Kier molecular flexibility index (Phi) is 16.4.